The van der Waals surface area contributed by atoms with Crippen molar-refractivity contribution in [1.82, 2.24) is 5.32 Å². The molecular weight excluding hydrogens is 240 g/mol. The van der Waals surface area contributed by atoms with E-state index >= 15 is 0 Å². The number of nitrogen functional groups attached to an aromatic ring is 1. The van der Waals surface area contributed by atoms with Crippen LogP contribution in [-0.2, 0) is 16.0 Å². The molecule has 0 saturated carbocycles. The molecule has 4 nitrogen and oxygen atoms in total. The smallest absolute Gasteiger partial charge is 0.246 e. The molecule has 1 atom stereocenters. The van der Waals surface area contributed by atoms with Crippen molar-refractivity contribution in [2.75, 3.05) is 12.3 Å². The number of hydrogen-bond donors (Lipinski definition) is 2. The predicted molar refractivity (Wildman–Crippen MR) is 75.8 cm³/mol. The van der Waals surface area contributed by atoms with E-state index in [9.17, 15) is 4.79 Å². The van der Waals surface area contributed by atoms with Crippen LogP contribution in [0, 0.1) is 0 Å². The number of carbonyl (C=O) groups excluding carboxylic acids is 1. The molecule has 104 valence electrons. The molecule has 1 aromatic rings. The van der Waals surface area contributed by atoms with Gasteiger partial charge in [0.05, 0.1) is 11.6 Å². The highest BCUT2D eigenvalue weighted by molar-refractivity contribution is 5.78. The SMILES string of the molecule is CC(C)(C)OCC(=O)NC1CCc2cc(N)ccc21. The number of benzene rings is 1. The number of anilines is 1. The van der Waals surface area contributed by atoms with Crippen molar-refractivity contribution in [1.29, 1.82) is 0 Å². The minimum absolute atomic E-state index is 0.0652. The molecule has 0 heterocycles. The van der Waals surface area contributed by atoms with E-state index in [1.807, 2.05) is 39.0 Å². The van der Waals surface area contributed by atoms with Crippen LogP contribution in [0.15, 0.2) is 18.2 Å². The summed E-state index contributed by atoms with van der Waals surface area (Å²) in [6.45, 7) is 5.92. The highest BCUT2D eigenvalue weighted by Crippen LogP contribution is 2.32. The zero-order valence-electron chi connectivity index (χ0n) is 11.8. The second kappa shape index (κ2) is 5.21. The Balaban J connectivity index is 1.94. The average Bonchev–Trinajstić information content (AvgIpc) is 2.68. The lowest BCUT2D eigenvalue weighted by Gasteiger charge is -2.20. The molecule has 2 rings (SSSR count). The van der Waals surface area contributed by atoms with Crippen LogP contribution in [0.2, 0.25) is 0 Å². The predicted octanol–water partition coefficient (Wildman–Crippen LogP) is 2.19. The average molecular weight is 262 g/mol. The molecule has 1 aliphatic rings. The summed E-state index contributed by atoms with van der Waals surface area (Å²) in [5.41, 5.74) is 8.67. The van der Waals surface area contributed by atoms with Crippen LogP contribution < -0.4 is 11.1 Å². The fourth-order valence-electron chi connectivity index (χ4n) is 2.31. The van der Waals surface area contributed by atoms with Gasteiger partial charge in [-0.25, -0.2) is 0 Å². The number of nitrogens with two attached hydrogens (primary N) is 1. The summed E-state index contributed by atoms with van der Waals surface area (Å²) in [5, 5.41) is 3.02. The van der Waals surface area contributed by atoms with Gasteiger partial charge in [-0.1, -0.05) is 6.07 Å². The van der Waals surface area contributed by atoms with Gasteiger partial charge < -0.3 is 15.8 Å². The van der Waals surface area contributed by atoms with Crippen molar-refractivity contribution >= 4 is 11.6 Å². The number of ether oxygens (including phenoxy) is 1. The Kier molecular flexibility index (Phi) is 3.80. The van der Waals surface area contributed by atoms with E-state index in [0.717, 1.165) is 18.5 Å². The summed E-state index contributed by atoms with van der Waals surface area (Å²) in [6.07, 6.45) is 1.89. The number of aryl methyl sites for hydroxylation is 1. The van der Waals surface area contributed by atoms with E-state index in [1.54, 1.807) is 0 Å². The first-order valence-electron chi connectivity index (χ1n) is 6.67. The number of rotatable bonds is 3. The summed E-state index contributed by atoms with van der Waals surface area (Å²) >= 11 is 0. The Bertz CT molecular complexity index is 478. The number of nitrogens with one attached hydrogen (secondary N) is 1. The molecule has 1 unspecified atom stereocenters. The molecule has 1 aliphatic carbocycles. The first-order valence-corrected chi connectivity index (χ1v) is 6.67. The van der Waals surface area contributed by atoms with Gasteiger partial charge in [0.25, 0.3) is 0 Å². The van der Waals surface area contributed by atoms with Crippen molar-refractivity contribution in [2.24, 2.45) is 0 Å². The molecule has 1 aromatic carbocycles. The van der Waals surface area contributed by atoms with E-state index in [1.165, 1.54) is 11.1 Å². The van der Waals surface area contributed by atoms with E-state index in [2.05, 4.69) is 5.32 Å². The van der Waals surface area contributed by atoms with Gasteiger partial charge >= 0.3 is 0 Å². The first kappa shape index (κ1) is 13.9. The summed E-state index contributed by atoms with van der Waals surface area (Å²) in [5.74, 6) is -0.0652. The van der Waals surface area contributed by atoms with Gasteiger partial charge in [0.15, 0.2) is 0 Å². The van der Waals surface area contributed by atoms with Gasteiger partial charge in [0, 0.05) is 5.69 Å². The second-order valence-electron chi connectivity index (χ2n) is 6.02. The van der Waals surface area contributed by atoms with E-state index in [4.69, 9.17) is 10.5 Å². The Labute approximate surface area is 114 Å². The van der Waals surface area contributed by atoms with Crippen molar-refractivity contribution in [3.05, 3.63) is 29.3 Å². The van der Waals surface area contributed by atoms with Crippen LogP contribution >= 0.6 is 0 Å². The Hall–Kier alpha value is -1.55. The van der Waals surface area contributed by atoms with Gasteiger partial charge in [-0.15, -0.1) is 0 Å². The Morgan fingerprint density at radius 2 is 2.21 bits per heavy atom. The number of hydrogen-bond acceptors (Lipinski definition) is 3. The largest absolute Gasteiger partial charge is 0.399 e. The summed E-state index contributed by atoms with van der Waals surface area (Å²) in [7, 11) is 0. The lowest BCUT2D eigenvalue weighted by atomic mass is 10.1. The zero-order valence-corrected chi connectivity index (χ0v) is 11.8. The monoisotopic (exact) mass is 262 g/mol. The molecule has 0 fully saturated rings. The van der Waals surface area contributed by atoms with Crippen molar-refractivity contribution in [3.8, 4) is 0 Å². The number of fused-ring (bicyclic) bond motifs is 1. The number of amides is 1. The van der Waals surface area contributed by atoms with Crippen molar-refractivity contribution in [2.45, 2.75) is 45.3 Å². The van der Waals surface area contributed by atoms with Gasteiger partial charge in [-0.3, -0.25) is 4.79 Å². The standard InChI is InChI=1S/C15H22N2O2/c1-15(2,3)19-9-14(18)17-13-7-4-10-8-11(16)5-6-12(10)13/h5-6,8,13H,4,7,9,16H2,1-3H3,(H,17,18). The molecule has 3 N–H and O–H groups in total. The fourth-order valence-corrected chi connectivity index (χ4v) is 2.31. The van der Waals surface area contributed by atoms with Crippen molar-refractivity contribution < 1.29 is 9.53 Å². The maximum absolute atomic E-state index is 11.9. The van der Waals surface area contributed by atoms with Gasteiger partial charge in [-0.2, -0.15) is 0 Å². The highest BCUT2D eigenvalue weighted by Gasteiger charge is 2.24. The molecule has 0 aliphatic heterocycles. The van der Waals surface area contributed by atoms with Crippen LogP contribution in [0.5, 0.6) is 0 Å². The summed E-state index contributed by atoms with van der Waals surface area (Å²) in [4.78, 5) is 11.9. The normalized spacial score (nSPS) is 18.2. The van der Waals surface area contributed by atoms with Crippen LogP contribution in [-0.4, -0.2) is 18.1 Å². The lowest BCUT2D eigenvalue weighted by Crippen LogP contribution is -2.33. The summed E-state index contributed by atoms with van der Waals surface area (Å²) in [6, 6.07) is 5.97. The van der Waals surface area contributed by atoms with Crippen molar-refractivity contribution in [3.63, 3.8) is 0 Å². The number of carbonyl (C=O) groups is 1. The van der Waals surface area contributed by atoms with Gasteiger partial charge in [0.2, 0.25) is 5.91 Å². The first-order chi connectivity index (χ1) is 8.85. The second-order valence-corrected chi connectivity index (χ2v) is 6.02. The molecular formula is C15H22N2O2. The van der Waals surface area contributed by atoms with Gasteiger partial charge in [0.1, 0.15) is 6.61 Å². The Morgan fingerprint density at radius 3 is 2.89 bits per heavy atom. The fraction of sp³-hybridized carbons (Fsp3) is 0.533. The maximum Gasteiger partial charge on any atom is 0.246 e. The topological polar surface area (TPSA) is 64.3 Å². The third kappa shape index (κ3) is 3.70. The molecule has 0 aromatic heterocycles. The third-order valence-corrected chi connectivity index (χ3v) is 3.22. The maximum atomic E-state index is 11.9. The summed E-state index contributed by atoms with van der Waals surface area (Å²) < 4.78 is 5.48. The van der Waals surface area contributed by atoms with E-state index in [-0.39, 0.29) is 24.2 Å². The molecule has 19 heavy (non-hydrogen) atoms. The molecule has 4 heteroatoms. The zero-order chi connectivity index (χ0) is 14.0. The van der Waals surface area contributed by atoms with E-state index in [0.29, 0.717) is 0 Å². The van der Waals surface area contributed by atoms with E-state index < -0.39 is 0 Å². The minimum Gasteiger partial charge on any atom is -0.399 e. The molecule has 0 saturated heterocycles. The quantitative estimate of drug-likeness (QED) is 0.821. The van der Waals surface area contributed by atoms with Crippen LogP contribution in [0.4, 0.5) is 5.69 Å². The third-order valence-electron chi connectivity index (χ3n) is 3.22. The van der Waals surface area contributed by atoms with Crippen LogP contribution in [0.1, 0.15) is 44.4 Å². The molecule has 1 amide bonds. The Morgan fingerprint density at radius 1 is 1.47 bits per heavy atom. The molecule has 0 spiro atoms. The highest BCUT2D eigenvalue weighted by atomic mass is 16.5. The molecule has 0 radical (unpaired) electrons. The van der Waals surface area contributed by atoms with Crippen LogP contribution in [0.3, 0.4) is 0 Å². The molecule has 0 bridgehead atoms. The lowest BCUT2D eigenvalue weighted by molar-refractivity contribution is -0.131. The van der Waals surface area contributed by atoms with Crippen LogP contribution in [0.25, 0.3) is 0 Å². The minimum atomic E-state index is -0.292. The van der Waals surface area contributed by atoms with Gasteiger partial charge in [-0.05, 0) is 56.9 Å².